The minimum absolute atomic E-state index is 1.06. The van der Waals surface area contributed by atoms with E-state index in [1.165, 1.54) is 61.0 Å². The normalized spacial score (nSPS) is 16.8. The summed E-state index contributed by atoms with van der Waals surface area (Å²) in [6.07, 6.45) is 5.42. The highest BCUT2D eigenvalue weighted by Crippen LogP contribution is 2.20. The van der Waals surface area contributed by atoms with E-state index in [1.807, 2.05) is 0 Å². The predicted molar refractivity (Wildman–Crippen MR) is 82.3 cm³/mol. The number of hydrogen-bond donors (Lipinski definition) is 1. The largest absolute Gasteiger partial charge is 0.385 e. The molecule has 0 bridgehead atoms. The molecule has 2 rings (SSSR count). The van der Waals surface area contributed by atoms with Crippen molar-refractivity contribution in [2.24, 2.45) is 0 Å². The van der Waals surface area contributed by atoms with Gasteiger partial charge in [0.1, 0.15) is 0 Å². The Hall–Kier alpha value is -0.540. The van der Waals surface area contributed by atoms with Crippen LogP contribution in [0.3, 0.4) is 0 Å². The molecule has 1 saturated heterocycles. The third-order valence-corrected chi connectivity index (χ3v) is 4.46. The summed E-state index contributed by atoms with van der Waals surface area (Å²) in [6, 6.07) is 6.47. The van der Waals surface area contributed by atoms with Gasteiger partial charge in [0.2, 0.25) is 0 Å². The minimum Gasteiger partial charge on any atom is -0.385 e. The highest BCUT2D eigenvalue weighted by molar-refractivity contribution is 9.10. The Morgan fingerprint density at radius 1 is 1.22 bits per heavy atom. The van der Waals surface area contributed by atoms with E-state index in [1.54, 1.807) is 0 Å². The van der Waals surface area contributed by atoms with Crippen LogP contribution in [0.5, 0.6) is 0 Å². The van der Waals surface area contributed by atoms with Crippen LogP contribution in [0.1, 0.15) is 31.2 Å². The maximum Gasteiger partial charge on any atom is 0.0351 e. The van der Waals surface area contributed by atoms with Crippen molar-refractivity contribution < 1.29 is 0 Å². The molecule has 0 radical (unpaired) electrons. The molecule has 18 heavy (non-hydrogen) atoms. The number of nitrogens with zero attached hydrogens (tertiary/aromatic N) is 1. The van der Waals surface area contributed by atoms with E-state index in [-0.39, 0.29) is 0 Å². The van der Waals surface area contributed by atoms with Crippen molar-refractivity contribution in [1.29, 1.82) is 0 Å². The van der Waals surface area contributed by atoms with Crippen molar-refractivity contribution in [2.75, 3.05) is 31.5 Å². The van der Waals surface area contributed by atoms with Gasteiger partial charge in [0.05, 0.1) is 0 Å². The van der Waals surface area contributed by atoms with Crippen LogP contribution in [0.2, 0.25) is 0 Å². The second-order valence-electron chi connectivity index (χ2n) is 5.15. The molecule has 0 aliphatic carbocycles. The summed E-state index contributed by atoms with van der Waals surface area (Å²) >= 11 is 3.57. The fourth-order valence-corrected chi connectivity index (χ4v) is 2.80. The van der Waals surface area contributed by atoms with Crippen molar-refractivity contribution in [3.63, 3.8) is 0 Å². The van der Waals surface area contributed by atoms with Crippen molar-refractivity contribution in [2.45, 2.75) is 32.6 Å². The third kappa shape index (κ3) is 4.29. The SMILES string of the molecule is Cc1ccc(NCCCN2CCCCC2)cc1Br. The zero-order valence-corrected chi connectivity index (χ0v) is 12.8. The molecule has 0 amide bonds. The second kappa shape index (κ2) is 7.15. The molecule has 0 unspecified atom stereocenters. The van der Waals surface area contributed by atoms with Gasteiger partial charge in [0, 0.05) is 16.7 Å². The number of likely N-dealkylation sites (tertiary alicyclic amines) is 1. The number of nitrogens with one attached hydrogen (secondary N) is 1. The van der Waals surface area contributed by atoms with E-state index in [2.05, 4.69) is 51.3 Å². The van der Waals surface area contributed by atoms with Crippen LogP contribution in [0, 0.1) is 6.92 Å². The van der Waals surface area contributed by atoms with E-state index in [0.29, 0.717) is 0 Å². The van der Waals surface area contributed by atoms with E-state index in [9.17, 15) is 0 Å². The maximum absolute atomic E-state index is 3.57. The monoisotopic (exact) mass is 310 g/mol. The minimum atomic E-state index is 1.06. The van der Waals surface area contributed by atoms with E-state index in [4.69, 9.17) is 0 Å². The summed E-state index contributed by atoms with van der Waals surface area (Å²) < 4.78 is 1.18. The average molecular weight is 311 g/mol. The van der Waals surface area contributed by atoms with E-state index in [0.717, 1.165) is 6.54 Å². The smallest absolute Gasteiger partial charge is 0.0351 e. The Labute approximate surface area is 119 Å². The molecule has 100 valence electrons. The molecule has 1 fully saturated rings. The van der Waals surface area contributed by atoms with Gasteiger partial charge in [0.25, 0.3) is 0 Å². The van der Waals surface area contributed by atoms with Crippen molar-refractivity contribution >= 4 is 21.6 Å². The topological polar surface area (TPSA) is 15.3 Å². The predicted octanol–water partition coefficient (Wildman–Crippen LogP) is 4.05. The number of anilines is 1. The Morgan fingerprint density at radius 3 is 2.72 bits per heavy atom. The van der Waals surface area contributed by atoms with E-state index < -0.39 is 0 Å². The summed E-state index contributed by atoms with van der Waals surface area (Å²) in [5, 5.41) is 3.50. The Morgan fingerprint density at radius 2 is 2.00 bits per heavy atom. The molecule has 0 saturated carbocycles. The van der Waals surface area contributed by atoms with Crippen LogP contribution in [-0.4, -0.2) is 31.1 Å². The van der Waals surface area contributed by atoms with E-state index >= 15 is 0 Å². The lowest BCUT2D eigenvalue weighted by atomic mass is 10.1. The Kier molecular flexibility index (Phi) is 5.51. The van der Waals surface area contributed by atoms with Gasteiger partial charge in [-0.05, 0) is 63.5 Å². The van der Waals surface area contributed by atoms with Crippen molar-refractivity contribution in [3.8, 4) is 0 Å². The van der Waals surface area contributed by atoms with Crippen LogP contribution < -0.4 is 5.32 Å². The first-order chi connectivity index (χ1) is 8.75. The fraction of sp³-hybridized carbons (Fsp3) is 0.600. The highest BCUT2D eigenvalue weighted by Gasteiger charge is 2.08. The van der Waals surface area contributed by atoms with Gasteiger partial charge >= 0.3 is 0 Å². The first kappa shape index (κ1) is 13.9. The molecular formula is C15H23BrN2. The third-order valence-electron chi connectivity index (χ3n) is 3.60. The molecular weight excluding hydrogens is 288 g/mol. The van der Waals surface area contributed by atoms with Crippen molar-refractivity contribution in [3.05, 3.63) is 28.2 Å². The molecule has 0 spiro atoms. The van der Waals surface area contributed by atoms with Gasteiger partial charge in [-0.2, -0.15) is 0 Å². The van der Waals surface area contributed by atoms with Gasteiger partial charge in [-0.1, -0.05) is 28.4 Å². The number of piperidine rings is 1. The number of hydrogen-bond acceptors (Lipinski definition) is 2. The lowest BCUT2D eigenvalue weighted by Crippen LogP contribution is -2.31. The summed E-state index contributed by atoms with van der Waals surface area (Å²) in [5.74, 6) is 0. The molecule has 2 nitrogen and oxygen atoms in total. The number of aryl methyl sites for hydroxylation is 1. The molecule has 1 aromatic rings. The van der Waals surface area contributed by atoms with Gasteiger partial charge in [-0.3, -0.25) is 0 Å². The molecule has 1 aliphatic rings. The average Bonchev–Trinajstić information content (AvgIpc) is 2.40. The van der Waals surface area contributed by atoms with Crippen LogP contribution >= 0.6 is 15.9 Å². The number of halogens is 1. The standard InChI is InChI=1S/C15H23BrN2/c1-13-6-7-14(12-15(13)16)17-8-5-11-18-9-3-2-4-10-18/h6-7,12,17H,2-5,8-11H2,1H3. The molecule has 1 aromatic carbocycles. The zero-order valence-electron chi connectivity index (χ0n) is 11.2. The molecule has 0 aromatic heterocycles. The van der Waals surface area contributed by atoms with Crippen LogP contribution in [0.25, 0.3) is 0 Å². The number of benzene rings is 1. The zero-order chi connectivity index (χ0) is 12.8. The van der Waals surface area contributed by atoms with Gasteiger partial charge in [0.15, 0.2) is 0 Å². The lowest BCUT2D eigenvalue weighted by molar-refractivity contribution is 0.228. The van der Waals surface area contributed by atoms with Crippen LogP contribution in [-0.2, 0) is 0 Å². The fourth-order valence-electron chi connectivity index (χ4n) is 2.42. The van der Waals surface area contributed by atoms with Gasteiger partial charge in [-0.25, -0.2) is 0 Å². The Balaban J connectivity index is 1.66. The number of rotatable bonds is 5. The highest BCUT2D eigenvalue weighted by atomic mass is 79.9. The summed E-state index contributed by atoms with van der Waals surface area (Å²) in [6.45, 7) is 7.02. The molecule has 0 atom stereocenters. The first-order valence-electron chi connectivity index (χ1n) is 6.98. The molecule has 1 aliphatic heterocycles. The van der Waals surface area contributed by atoms with Gasteiger partial charge < -0.3 is 10.2 Å². The summed E-state index contributed by atoms with van der Waals surface area (Å²) in [4.78, 5) is 2.59. The molecule has 3 heteroatoms. The lowest BCUT2D eigenvalue weighted by Gasteiger charge is -2.26. The first-order valence-corrected chi connectivity index (χ1v) is 7.77. The summed E-state index contributed by atoms with van der Waals surface area (Å²) in [7, 11) is 0. The second-order valence-corrected chi connectivity index (χ2v) is 6.00. The van der Waals surface area contributed by atoms with Crippen molar-refractivity contribution in [1.82, 2.24) is 4.90 Å². The molecule has 1 heterocycles. The molecule has 1 N–H and O–H groups in total. The van der Waals surface area contributed by atoms with Crippen LogP contribution in [0.15, 0.2) is 22.7 Å². The summed E-state index contributed by atoms with van der Waals surface area (Å²) in [5.41, 5.74) is 2.50. The quantitative estimate of drug-likeness (QED) is 0.826. The van der Waals surface area contributed by atoms with Gasteiger partial charge in [-0.15, -0.1) is 0 Å². The van der Waals surface area contributed by atoms with Crippen LogP contribution in [0.4, 0.5) is 5.69 Å². The Bertz CT molecular complexity index is 373. The maximum atomic E-state index is 3.57.